The lowest BCUT2D eigenvalue weighted by Crippen LogP contribution is -2.59. The van der Waals surface area contributed by atoms with Crippen molar-refractivity contribution in [2.24, 2.45) is 11.8 Å². The maximum atomic E-state index is 11.3. The zero-order valence-corrected chi connectivity index (χ0v) is 14.6. The Kier molecular flexibility index (Phi) is 3.94. The number of fused-ring (bicyclic) bond motifs is 6. The molecule has 2 saturated heterocycles. The van der Waals surface area contributed by atoms with E-state index in [2.05, 4.69) is 48.5 Å². The van der Waals surface area contributed by atoms with Crippen molar-refractivity contribution in [3.63, 3.8) is 0 Å². The predicted octanol–water partition coefficient (Wildman–Crippen LogP) is 1.99. The minimum absolute atomic E-state index is 0.0927. The van der Waals surface area contributed by atoms with Gasteiger partial charge in [0.1, 0.15) is 0 Å². The maximum absolute atomic E-state index is 11.3. The molecule has 0 amide bonds. The molecule has 3 heterocycles. The Morgan fingerprint density at radius 1 is 1.38 bits per heavy atom. The summed E-state index contributed by atoms with van der Waals surface area (Å²) in [6.45, 7) is 4.12. The number of hydrogen-bond donors (Lipinski definition) is 3. The molecule has 3 aliphatic heterocycles. The normalized spacial score (nSPS) is 40.4. The number of para-hydroxylation sites is 1. The smallest absolute Gasteiger partial charge is 0.0663 e. The molecule has 5 atom stereocenters. The molecule has 24 heavy (non-hydrogen) atoms. The lowest BCUT2D eigenvalue weighted by Gasteiger charge is -2.50. The highest BCUT2D eigenvalue weighted by molar-refractivity contribution is 5.64. The second kappa shape index (κ2) is 5.87. The van der Waals surface area contributed by atoms with Gasteiger partial charge in [-0.15, -0.1) is 0 Å². The zero-order chi connectivity index (χ0) is 16.9. The summed E-state index contributed by atoms with van der Waals surface area (Å²) in [6, 6.07) is 8.48. The van der Waals surface area contributed by atoms with Gasteiger partial charge in [-0.1, -0.05) is 29.8 Å². The third-order valence-electron chi connectivity index (χ3n) is 6.73. The summed E-state index contributed by atoms with van der Waals surface area (Å²) in [5.74, 6) is 0.369. The van der Waals surface area contributed by atoms with Gasteiger partial charge in [0.05, 0.1) is 6.10 Å². The number of rotatable bonds is 1. The first-order valence-corrected chi connectivity index (χ1v) is 9.10. The van der Waals surface area contributed by atoms with Gasteiger partial charge >= 0.3 is 0 Å². The Balaban J connectivity index is 1.89. The van der Waals surface area contributed by atoms with E-state index in [9.17, 15) is 10.2 Å². The molecule has 3 N–H and O–H groups in total. The van der Waals surface area contributed by atoms with Crippen molar-refractivity contribution in [1.82, 2.24) is 4.90 Å². The second-order valence-corrected chi connectivity index (χ2v) is 7.76. The van der Waals surface area contributed by atoms with Gasteiger partial charge in [-0.05, 0) is 50.9 Å². The van der Waals surface area contributed by atoms with Crippen LogP contribution in [0.25, 0.3) is 0 Å². The summed E-state index contributed by atoms with van der Waals surface area (Å²) >= 11 is 0. The van der Waals surface area contributed by atoms with Gasteiger partial charge in [-0.3, -0.25) is 0 Å². The average molecular weight is 328 g/mol. The number of nitrogens with one attached hydrogen (secondary N) is 1. The number of hydrogen-bond acceptors (Lipinski definition) is 4. The number of likely N-dealkylation sites (N-methyl/N-ethyl adjacent to an activating group) is 1. The molecule has 3 fully saturated rings. The van der Waals surface area contributed by atoms with Gasteiger partial charge in [-0.25, -0.2) is 0 Å². The fourth-order valence-corrected chi connectivity index (χ4v) is 5.52. The van der Waals surface area contributed by atoms with Crippen LogP contribution in [-0.4, -0.2) is 54.0 Å². The molecule has 5 rings (SSSR count). The van der Waals surface area contributed by atoms with E-state index in [1.165, 1.54) is 11.1 Å². The predicted molar refractivity (Wildman–Crippen MR) is 96.1 cm³/mol. The van der Waals surface area contributed by atoms with E-state index < -0.39 is 0 Å². The third kappa shape index (κ3) is 2.10. The molecule has 0 aromatic heterocycles. The second-order valence-electron chi connectivity index (χ2n) is 7.76. The quantitative estimate of drug-likeness (QED) is 0.690. The monoisotopic (exact) mass is 328 g/mol. The highest BCUT2D eigenvalue weighted by Gasteiger charge is 2.59. The lowest BCUT2D eigenvalue weighted by molar-refractivity contribution is -0.0216. The third-order valence-corrected chi connectivity index (χ3v) is 6.73. The number of anilines is 1. The Hall–Kier alpha value is -1.36. The first-order valence-electron chi connectivity index (χ1n) is 9.10. The highest BCUT2D eigenvalue weighted by atomic mass is 16.3. The van der Waals surface area contributed by atoms with Crippen LogP contribution in [0.3, 0.4) is 0 Å². The van der Waals surface area contributed by atoms with Gasteiger partial charge in [-0.2, -0.15) is 0 Å². The molecule has 1 aliphatic carbocycles. The first kappa shape index (κ1) is 16.1. The summed E-state index contributed by atoms with van der Waals surface area (Å²) in [5.41, 5.74) is 3.42. The number of aliphatic hydroxyl groups is 2. The molecule has 1 spiro atoms. The van der Waals surface area contributed by atoms with Crippen LogP contribution in [0.4, 0.5) is 5.69 Å². The Bertz CT molecular complexity index is 659. The Labute approximate surface area is 144 Å². The summed E-state index contributed by atoms with van der Waals surface area (Å²) in [4.78, 5) is 2.36. The SMILES string of the molecule is C/C=C1\CN(C)CC[C@]23c4ccccc4N[C@H]2[C@H](CO)[C@H]1C[C@@H]3O. The summed E-state index contributed by atoms with van der Waals surface area (Å²) in [5, 5.41) is 25.2. The molecule has 1 saturated carbocycles. The Morgan fingerprint density at radius 2 is 2.17 bits per heavy atom. The van der Waals surface area contributed by atoms with Crippen LogP contribution < -0.4 is 5.32 Å². The fraction of sp³-hybridized carbons (Fsp3) is 0.600. The molecule has 2 bridgehead atoms. The number of aliphatic hydroxyl groups excluding tert-OH is 2. The summed E-state index contributed by atoms with van der Waals surface area (Å²) in [7, 11) is 2.16. The highest BCUT2D eigenvalue weighted by Crippen LogP contribution is 2.55. The molecule has 1 aromatic carbocycles. The van der Waals surface area contributed by atoms with E-state index in [1.807, 2.05) is 6.07 Å². The van der Waals surface area contributed by atoms with Crippen molar-refractivity contribution in [3.05, 3.63) is 41.5 Å². The lowest BCUT2D eigenvalue weighted by atomic mass is 9.57. The van der Waals surface area contributed by atoms with E-state index in [0.717, 1.165) is 31.6 Å². The van der Waals surface area contributed by atoms with Crippen LogP contribution in [0.5, 0.6) is 0 Å². The summed E-state index contributed by atoms with van der Waals surface area (Å²) in [6.07, 6.45) is 3.47. The van der Waals surface area contributed by atoms with Crippen molar-refractivity contribution in [2.45, 2.75) is 37.3 Å². The minimum Gasteiger partial charge on any atom is -0.396 e. The number of benzene rings is 1. The molecule has 1 aromatic rings. The summed E-state index contributed by atoms with van der Waals surface area (Å²) < 4.78 is 0. The van der Waals surface area contributed by atoms with Gasteiger partial charge in [0, 0.05) is 36.2 Å². The average Bonchev–Trinajstić information content (AvgIpc) is 2.96. The van der Waals surface area contributed by atoms with E-state index in [-0.39, 0.29) is 36.0 Å². The maximum Gasteiger partial charge on any atom is 0.0663 e. The van der Waals surface area contributed by atoms with Crippen LogP contribution in [0.15, 0.2) is 35.9 Å². The van der Waals surface area contributed by atoms with Crippen LogP contribution in [-0.2, 0) is 5.41 Å². The standard InChI is InChI=1S/C20H28N2O2/c1-3-13-11-22(2)9-8-20-16-6-4-5-7-17(16)21-19(20)15(12-23)14(13)10-18(20)24/h3-7,14-15,18-19,21,23-24H,8-12H2,1-2H3/b13-3+/t14-,15+,18-,19-,20+/m0/s1. The zero-order valence-electron chi connectivity index (χ0n) is 14.6. The van der Waals surface area contributed by atoms with E-state index in [0.29, 0.717) is 0 Å². The minimum atomic E-state index is -0.382. The van der Waals surface area contributed by atoms with E-state index in [1.54, 1.807) is 0 Å². The van der Waals surface area contributed by atoms with Crippen LogP contribution in [0, 0.1) is 11.8 Å². The van der Waals surface area contributed by atoms with Crippen molar-refractivity contribution >= 4 is 5.69 Å². The van der Waals surface area contributed by atoms with Crippen molar-refractivity contribution < 1.29 is 10.2 Å². The Morgan fingerprint density at radius 3 is 2.92 bits per heavy atom. The molecule has 0 radical (unpaired) electrons. The number of nitrogens with zero attached hydrogens (tertiary/aromatic N) is 1. The van der Waals surface area contributed by atoms with Crippen LogP contribution in [0.2, 0.25) is 0 Å². The number of allylic oxidation sites excluding steroid dienone is 1. The molecular formula is C20H28N2O2. The first-order chi connectivity index (χ1) is 11.6. The molecular weight excluding hydrogens is 300 g/mol. The van der Waals surface area contributed by atoms with Crippen molar-refractivity contribution in [1.29, 1.82) is 0 Å². The van der Waals surface area contributed by atoms with Gasteiger partial charge < -0.3 is 20.4 Å². The molecule has 4 aliphatic rings. The van der Waals surface area contributed by atoms with Crippen LogP contribution in [0.1, 0.15) is 25.3 Å². The fourth-order valence-electron chi connectivity index (χ4n) is 5.52. The van der Waals surface area contributed by atoms with Gasteiger partial charge in [0.25, 0.3) is 0 Å². The largest absolute Gasteiger partial charge is 0.396 e. The van der Waals surface area contributed by atoms with Gasteiger partial charge in [0.15, 0.2) is 0 Å². The van der Waals surface area contributed by atoms with Crippen LogP contribution >= 0.6 is 0 Å². The molecule has 130 valence electrons. The van der Waals surface area contributed by atoms with Gasteiger partial charge in [0.2, 0.25) is 0 Å². The van der Waals surface area contributed by atoms with E-state index in [4.69, 9.17) is 0 Å². The molecule has 4 nitrogen and oxygen atoms in total. The van der Waals surface area contributed by atoms with Crippen molar-refractivity contribution in [3.8, 4) is 0 Å². The topological polar surface area (TPSA) is 55.7 Å². The van der Waals surface area contributed by atoms with E-state index >= 15 is 0 Å². The molecule has 4 heteroatoms. The van der Waals surface area contributed by atoms with Crippen molar-refractivity contribution in [2.75, 3.05) is 32.1 Å². The molecule has 0 unspecified atom stereocenters.